The molecule has 0 radical (unpaired) electrons. The van der Waals surface area contributed by atoms with Gasteiger partial charge in [-0.2, -0.15) is 0 Å². The third-order valence-corrected chi connectivity index (χ3v) is 4.09. The minimum atomic E-state index is -0.463. The van der Waals surface area contributed by atoms with Crippen molar-refractivity contribution in [1.29, 1.82) is 0 Å². The van der Waals surface area contributed by atoms with Gasteiger partial charge in [-0.05, 0) is 29.8 Å². The molecule has 0 bridgehead atoms. The number of esters is 1. The van der Waals surface area contributed by atoms with Crippen molar-refractivity contribution in [1.82, 2.24) is 0 Å². The molecule has 0 aromatic heterocycles. The number of methoxy groups -OCH3 is 1. The van der Waals surface area contributed by atoms with E-state index >= 15 is 0 Å². The fourth-order valence-corrected chi connectivity index (χ4v) is 2.86. The zero-order valence-corrected chi connectivity index (χ0v) is 12.3. The Kier molecular flexibility index (Phi) is 5.33. The van der Waals surface area contributed by atoms with Crippen LogP contribution in [-0.2, 0) is 21.7 Å². The Bertz CT molecular complexity index is 644. The number of hydrogen-bond donors (Lipinski definition) is 0. The summed E-state index contributed by atoms with van der Waals surface area (Å²) in [7, 11) is 1.33. The molecule has 21 heavy (non-hydrogen) atoms. The van der Waals surface area contributed by atoms with Gasteiger partial charge in [0.15, 0.2) is 0 Å². The summed E-state index contributed by atoms with van der Waals surface area (Å²) in [5, 5.41) is 0. The summed E-state index contributed by atoms with van der Waals surface area (Å²) >= 11 is 1.36. The second kappa shape index (κ2) is 7.22. The maximum Gasteiger partial charge on any atom is 0.310 e. The molecule has 2 aromatic carbocycles. The van der Waals surface area contributed by atoms with Gasteiger partial charge in [-0.3, -0.25) is 4.79 Å². The molecule has 0 spiro atoms. The molecule has 0 heterocycles. The van der Waals surface area contributed by atoms with Crippen molar-refractivity contribution in [3.05, 3.63) is 65.2 Å². The van der Waals surface area contributed by atoms with E-state index in [-0.39, 0.29) is 12.4 Å². The third-order valence-electron chi connectivity index (χ3n) is 2.93. The van der Waals surface area contributed by atoms with Crippen molar-refractivity contribution >= 4 is 17.7 Å². The summed E-state index contributed by atoms with van der Waals surface area (Å²) in [4.78, 5) is 12.2. The van der Waals surface area contributed by atoms with Crippen LogP contribution in [0, 0.1) is 11.6 Å². The average Bonchev–Trinajstić information content (AvgIpc) is 2.49. The maximum absolute atomic E-state index is 13.6. The van der Waals surface area contributed by atoms with E-state index in [1.165, 1.54) is 24.9 Å². The van der Waals surface area contributed by atoms with Gasteiger partial charge in [-0.1, -0.05) is 18.2 Å². The summed E-state index contributed by atoms with van der Waals surface area (Å²) in [6.45, 7) is 0. The number of rotatable bonds is 5. The Morgan fingerprint density at radius 3 is 2.67 bits per heavy atom. The van der Waals surface area contributed by atoms with Crippen LogP contribution in [0.4, 0.5) is 8.78 Å². The molecule has 0 atom stereocenters. The first kappa shape index (κ1) is 15.5. The summed E-state index contributed by atoms with van der Waals surface area (Å²) < 4.78 is 31.4. The zero-order chi connectivity index (χ0) is 15.2. The van der Waals surface area contributed by atoms with Crippen LogP contribution < -0.4 is 0 Å². The molecule has 0 aliphatic carbocycles. The Hall–Kier alpha value is -1.88. The van der Waals surface area contributed by atoms with Gasteiger partial charge in [0.1, 0.15) is 11.6 Å². The van der Waals surface area contributed by atoms with Crippen molar-refractivity contribution in [3.63, 3.8) is 0 Å². The molecule has 2 nitrogen and oxygen atoms in total. The third kappa shape index (κ3) is 4.29. The highest BCUT2D eigenvalue weighted by molar-refractivity contribution is 7.98. The van der Waals surface area contributed by atoms with Crippen LogP contribution in [0.15, 0.2) is 47.4 Å². The highest BCUT2D eigenvalue weighted by Gasteiger charge is 2.10. The van der Waals surface area contributed by atoms with Crippen molar-refractivity contribution in [2.24, 2.45) is 0 Å². The Labute approximate surface area is 126 Å². The minimum Gasteiger partial charge on any atom is -0.469 e. The van der Waals surface area contributed by atoms with Crippen molar-refractivity contribution < 1.29 is 18.3 Å². The first-order chi connectivity index (χ1) is 10.1. The van der Waals surface area contributed by atoms with Crippen molar-refractivity contribution in [3.8, 4) is 0 Å². The summed E-state index contributed by atoms with van der Waals surface area (Å²) in [5.41, 5.74) is 1.11. The van der Waals surface area contributed by atoms with Gasteiger partial charge < -0.3 is 4.74 Å². The van der Waals surface area contributed by atoms with E-state index in [1.54, 1.807) is 0 Å². The quantitative estimate of drug-likeness (QED) is 0.617. The molecule has 110 valence electrons. The Morgan fingerprint density at radius 1 is 1.14 bits per heavy atom. The van der Waals surface area contributed by atoms with Gasteiger partial charge >= 0.3 is 5.97 Å². The van der Waals surface area contributed by atoms with Crippen LogP contribution in [0.2, 0.25) is 0 Å². The molecule has 0 saturated carbocycles. The lowest BCUT2D eigenvalue weighted by atomic mass is 10.1. The van der Waals surface area contributed by atoms with E-state index < -0.39 is 11.6 Å². The molecular weight excluding hydrogens is 294 g/mol. The molecule has 0 aliphatic rings. The number of hydrogen-bond acceptors (Lipinski definition) is 3. The summed E-state index contributed by atoms with van der Waals surface area (Å²) in [5.74, 6) is -0.939. The van der Waals surface area contributed by atoms with Crippen LogP contribution in [0.3, 0.4) is 0 Å². The molecule has 5 heteroatoms. The van der Waals surface area contributed by atoms with E-state index in [0.717, 1.165) is 22.6 Å². The molecule has 0 aliphatic heterocycles. The first-order valence-electron chi connectivity index (χ1n) is 6.31. The predicted molar refractivity (Wildman–Crippen MR) is 78.1 cm³/mol. The van der Waals surface area contributed by atoms with Crippen LogP contribution in [0.1, 0.15) is 11.1 Å². The monoisotopic (exact) mass is 308 g/mol. The van der Waals surface area contributed by atoms with Gasteiger partial charge in [0.05, 0.1) is 13.5 Å². The van der Waals surface area contributed by atoms with Gasteiger partial charge in [0.2, 0.25) is 0 Å². The molecule has 0 unspecified atom stereocenters. The lowest BCUT2D eigenvalue weighted by molar-refractivity contribution is -0.139. The number of benzene rings is 2. The van der Waals surface area contributed by atoms with Crippen LogP contribution >= 0.6 is 11.8 Å². The summed E-state index contributed by atoms with van der Waals surface area (Å²) in [6, 6.07) is 10.7. The van der Waals surface area contributed by atoms with E-state index in [1.807, 2.05) is 24.3 Å². The fourth-order valence-electron chi connectivity index (χ4n) is 1.83. The standard InChI is InChI=1S/C16H14F2O2S/c1-20-16(19)9-11-4-2-3-5-15(11)21-10-12-8-13(17)6-7-14(12)18/h2-8H,9-10H2,1H3. The lowest BCUT2D eigenvalue weighted by Crippen LogP contribution is -2.05. The van der Waals surface area contributed by atoms with E-state index in [2.05, 4.69) is 4.74 Å². The topological polar surface area (TPSA) is 26.3 Å². The van der Waals surface area contributed by atoms with Gasteiger partial charge in [0, 0.05) is 16.2 Å². The highest BCUT2D eigenvalue weighted by atomic mass is 32.2. The molecule has 0 saturated heterocycles. The zero-order valence-electron chi connectivity index (χ0n) is 11.4. The van der Waals surface area contributed by atoms with Gasteiger partial charge in [0.25, 0.3) is 0 Å². The molecule has 0 amide bonds. The molecule has 0 N–H and O–H groups in total. The van der Waals surface area contributed by atoms with Gasteiger partial charge in [-0.15, -0.1) is 11.8 Å². The number of halogens is 2. The lowest BCUT2D eigenvalue weighted by Gasteiger charge is -2.09. The fraction of sp³-hybridized carbons (Fsp3) is 0.188. The number of carbonyl (C=O) groups is 1. The summed E-state index contributed by atoms with van der Waals surface area (Å²) in [6.07, 6.45) is 0.158. The predicted octanol–water partition coefficient (Wildman–Crippen LogP) is 3.97. The number of thioether (sulfide) groups is 1. The Balaban J connectivity index is 2.13. The highest BCUT2D eigenvalue weighted by Crippen LogP contribution is 2.28. The first-order valence-corrected chi connectivity index (χ1v) is 7.30. The molecular formula is C16H14F2O2S. The Morgan fingerprint density at radius 2 is 1.90 bits per heavy atom. The SMILES string of the molecule is COC(=O)Cc1ccccc1SCc1cc(F)ccc1F. The maximum atomic E-state index is 13.6. The van der Waals surface area contributed by atoms with Crippen LogP contribution in [0.25, 0.3) is 0 Å². The van der Waals surface area contributed by atoms with Crippen molar-refractivity contribution in [2.45, 2.75) is 17.1 Å². The van der Waals surface area contributed by atoms with Crippen molar-refractivity contribution in [2.75, 3.05) is 7.11 Å². The van der Waals surface area contributed by atoms with Crippen LogP contribution in [-0.4, -0.2) is 13.1 Å². The smallest absolute Gasteiger partial charge is 0.310 e. The minimum absolute atomic E-state index is 0.158. The number of ether oxygens (including phenoxy) is 1. The second-order valence-electron chi connectivity index (χ2n) is 4.39. The largest absolute Gasteiger partial charge is 0.469 e. The van der Waals surface area contributed by atoms with Crippen LogP contribution in [0.5, 0.6) is 0 Å². The molecule has 0 fully saturated rings. The van der Waals surface area contributed by atoms with E-state index in [9.17, 15) is 13.6 Å². The normalized spacial score (nSPS) is 10.4. The molecule has 2 rings (SSSR count). The van der Waals surface area contributed by atoms with Gasteiger partial charge in [-0.25, -0.2) is 8.78 Å². The second-order valence-corrected chi connectivity index (χ2v) is 5.40. The van der Waals surface area contributed by atoms with E-state index in [0.29, 0.717) is 11.3 Å². The number of carbonyl (C=O) groups excluding carboxylic acids is 1. The average molecular weight is 308 g/mol. The van der Waals surface area contributed by atoms with E-state index in [4.69, 9.17) is 0 Å². The molecule has 2 aromatic rings.